The molecule has 0 bridgehead atoms. The highest BCUT2D eigenvalue weighted by atomic mass is 32.2. The molecule has 166 valence electrons. The van der Waals surface area contributed by atoms with Crippen LogP contribution < -0.4 is 5.32 Å². The van der Waals surface area contributed by atoms with E-state index in [0.29, 0.717) is 26.2 Å². The first kappa shape index (κ1) is 22.7. The van der Waals surface area contributed by atoms with Crippen LogP contribution in [-0.4, -0.2) is 79.6 Å². The summed E-state index contributed by atoms with van der Waals surface area (Å²) in [5.41, 5.74) is 0.523. The first-order valence-electron chi connectivity index (χ1n) is 10.3. The first-order valence-corrected chi connectivity index (χ1v) is 11.8. The Labute approximate surface area is 179 Å². The Morgan fingerprint density at radius 3 is 2.23 bits per heavy atom. The Morgan fingerprint density at radius 1 is 1.10 bits per heavy atom. The molecular formula is C21H32N4O4S. The quantitative estimate of drug-likeness (QED) is 0.740. The molecule has 0 saturated carbocycles. The summed E-state index contributed by atoms with van der Waals surface area (Å²) < 4.78 is 27.1. The highest BCUT2D eigenvalue weighted by Gasteiger charge is 2.39. The smallest absolute Gasteiger partial charge is 0.243 e. The number of carbonyl (C=O) groups excluding carboxylic acids is 2. The van der Waals surface area contributed by atoms with Crippen LogP contribution in [0.5, 0.6) is 0 Å². The van der Waals surface area contributed by atoms with Crippen molar-refractivity contribution in [1.82, 2.24) is 19.4 Å². The summed E-state index contributed by atoms with van der Waals surface area (Å²) >= 11 is 0. The maximum Gasteiger partial charge on any atom is 0.243 e. The van der Waals surface area contributed by atoms with Gasteiger partial charge < -0.3 is 15.1 Å². The van der Waals surface area contributed by atoms with Crippen molar-refractivity contribution in [1.29, 1.82) is 0 Å². The van der Waals surface area contributed by atoms with Crippen LogP contribution in [0.15, 0.2) is 29.2 Å². The molecule has 2 aliphatic heterocycles. The maximum absolute atomic E-state index is 12.8. The minimum atomic E-state index is -3.50. The molecule has 1 unspecified atom stereocenters. The van der Waals surface area contributed by atoms with Gasteiger partial charge in [-0.2, -0.15) is 4.31 Å². The van der Waals surface area contributed by atoms with Crippen molar-refractivity contribution in [2.75, 3.05) is 39.8 Å². The number of carbonyl (C=O) groups is 2. The molecule has 2 amide bonds. The van der Waals surface area contributed by atoms with E-state index in [4.69, 9.17) is 0 Å². The van der Waals surface area contributed by atoms with E-state index in [0.717, 1.165) is 18.7 Å². The Kier molecular flexibility index (Phi) is 6.54. The average Bonchev–Trinajstić information content (AvgIpc) is 3.09. The fraction of sp³-hybridized carbons (Fsp3) is 0.619. The van der Waals surface area contributed by atoms with Gasteiger partial charge >= 0.3 is 0 Å². The molecule has 1 N–H and O–H groups in total. The van der Waals surface area contributed by atoms with E-state index in [1.807, 2.05) is 27.8 Å². The van der Waals surface area contributed by atoms with Gasteiger partial charge in [-0.15, -0.1) is 0 Å². The number of sulfonamides is 1. The zero-order chi connectivity index (χ0) is 22.1. The predicted octanol–water partition coefficient (Wildman–Crippen LogP) is 0.886. The summed E-state index contributed by atoms with van der Waals surface area (Å²) in [4.78, 5) is 28.8. The van der Waals surface area contributed by atoms with Gasteiger partial charge in [-0.3, -0.25) is 9.59 Å². The van der Waals surface area contributed by atoms with Crippen LogP contribution in [0.3, 0.4) is 0 Å². The molecule has 1 atom stereocenters. The molecule has 2 aliphatic rings. The van der Waals surface area contributed by atoms with Gasteiger partial charge in [0.1, 0.15) is 0 Å². The fourth-order valence-electron chi connectivity index (χ4n) is 3.82. The lowest BCUT2D eigenvalue weighted by molar-refractivity contribution is -0.132. The Hall–Kier alpha value is -1.97. The Morgan fingerprint density at radius 2 is 1.70 bits per heavy atom. The van der Waals surface area contributed by atoms with Crippen molar-refractivity contribution in [2.24, 2.45) is 5.92 Å². The summed E-state index contributed by atoms with van der Waals surface area (Å²) in [6, 6.07) is 6.64. The third-order valence-electron chi connectivity index (χ3n) is 5.80. The lowest BCUT2D eigenvalue weighted by Gasteiger charge is -2.32. The predicted molar refractivity (Wildman–Crippen MR) is 114 cm³/mol. The molecule has 1 aromatic carbocycles. The largest absolute Gasteiger partial charge is 0.352 e. The zero-order valence-electron chi connectivity index (χ0n) is 18.2. The molecule has 2 heterocycles. The topological polar surface area (TPSA) is 90.0 Å². The molecule has 9 heteroatoms. The number of nitrogens with zero attached hydrogens (tertiary/aromatic N) is 3. The number of nitrogens with one attached hydrogen (secondary N) is 1. The lowest BCUT2D eigenvalue weighted by atomic mass is 10.1. The second-order valence-electron chi connectivity index (χ2n) is 9.15. The number of benzene rings is 1. The minimum absolute atomic E-state index is 0.00103. The number of amides is 2. The van der Waals surface area contributed by atoms with E-state index in [1.165, 1.54) is 4.31 Å². The van der Waals surface area contributed by atoms with Crippen LogP contribution in [0.25, 0.3) is 0 Å². The van der Waals surface area contributed by atoms with Crippen LogP contribution in [-0.2, 0) is 26.2 Å². The second-order valence-corrected chi connectivity index (χ2v) is 11.1. The molecule has 2 saturated heterocycles. The number of hydrogen-bond donors (Lipinski definition) is 1. The molecular weight excluding hydrogens is 404 g/mol. The molecule has 0 spiro atoms. The monoisotopic (exact) mass is 436 g/mol. The molecule has 0 aromatic heterocycles. The van der Waals surface area contributed by atoms with Crippen molar-refractivity contribution >= 4 is 21.8 Å². The van der Waals surface area contributed by atoms with E-state index >= 15 is 0 Å². The van der Waals surface area contributed by atoms with Crippen LogP contribution >= 0.6 is 0 Å². The Bertz CT molecular complexity index is 885. The van der Waals surface area contributed by atoms with E-state index < -0.39 is 10.0 Å². The molecule has 0 radical (unpaired) electrons. The molecule has 0 aliphatic carbocycles. The van der Waals surface area contributed by atoms with Crippen LogP contribution in [0.1, 0.15) is 32.8 Å². The van der Waals surface area contributed by atoms with Crippen molar-refractivity contribution in [3.63, 3.8) is 0 Å². The van der Waals surface area contributed by atoms with Crippen LogP contribution in [0.2, 0.25) is 0 Å². The number of likely N-dealkylation sites (N-methyl/N-ethyl adjacent to an activating group) is 1. The number of piperazine rings is 1. The first-order chi connectivity index (χ1) is 14.0. The summed E-state index contributed by atoms with van der Waals surface area (Å²) in [6.45, 7) is 9.03. The van der Waals surface area contributed by atoms with Crippen molar-refractivity contribution in [2.45, 2.75) is 44.2 Å². The fourth-order valence-corrected chi connectivity index (χ4v) is 5.24. The van der Waals surface area contributed by atoms with Gasteiger partial charge in [-0.25, -0.2) is 8.42 Å². The summed E-state index contributed by atoms with van der Waals surface area (Å²) in [5.74, 6) is -0.501. The van der Waals surface area contributed by atoms with Crippen molar-refractivity contribution in [3.8, 4) is 0 Å². The van der Waals surface area contributed by atoms with Gasteiger partial charge in [0.15, 0.2) is 0 Å². The van der Waals surface area contributed by atoms with Gasteiger partial charge in [0.2, 0.25) is 21.8 Å². The summed E-state index contributed by atoms with van der Waals surface area (Å²) in [6.07, 6.45) is 0.227. The maximum atomic E-state index is 12.8. The van der Waals surface area contributed by atoms with Gasteiger partial charge in [0, 0.05) is 51.2 Å². The number of likely N-dealkylation sites (tertiary alicyclic amines) is 1. The number of rotatable bonds is 5. The van der Waals surface area contributed by atoms with Gasteiger partial charge in [-0.1, -0.05) is 12.1 Å². The van der Waals surface area contributed by atoms with Gasteiger partial charge in [-0.05, 0) is 45.5 Å². The van der Waals surface area contributed by atoms with Crippen LogP contribution in [0.4, 0.5) is 0 Å². The SMILES string of the molecule is CN1CCN(S(=O)(=O)c2ccc(CNC(=O)C3CC(=O)N(C(C)(C)C)C3)cc2)CC1. The van der Waals surface area contributed by atoms with E-state index in [1.54, 1.807) is 29.2 Å². The summed E-state index contributed by atoms with van der Waals surface area (Å²) in [5, 5.41) is 2.88. The van der Waals surface area contributed by atoms with Gasteiger partial charge in [0.25, 0.3) is 0 Å². The van der Waals surface area contributed by atoms with E-state index in [-0.39, 0.29) is 34.6 Å². The standard InChI is InChI=1S/C21H32N4O4S/c1-21(2,3)25-15-17(13-19(25)26)20(27)22-14-16-5-7-18(8-6-16)30(28,29)24-11-9-23(4)10-12-24/h5-8,17H,9-15H2,1-4H3,(H,22,27). The third-order valence-corrected chi connectivity index (χ3v) is 7.71. The second kappa shape index (κ2) is 8.64. The molecule has 8 nitrogen and oxygen atoms in total. The molecule has 3 rings (SSSR count). The minimum Gasteiger partial charge on any atom is -0.352 e. The van der Waals surface area contributed by atoms with Crippen LogP contribution in [0, 0.1) is 5.92 Å². The molecule has 2 fully saturated rings. The normalized spacial score (nSPS) is 21.8. The van der Waals surface area contributed by atoms with Crippen molar-refractivity contribution in [3.05, 3.63) is 29.8 Å². The van der Waals surface area contributed by atoms with E-state index in [9.17, 15) is 18.0 Å². The zero-order valence-corrected chi connectivity index (χ0v) is 19.0. The third kappa shape index (κ3) is 5.01. The summed E-state index contributed by atoms with van der Waals surface area (Å²) in [7, 11) is -1.52. The molecule has 1 aromatic rings. The van der Waals surface area contributed by atoms with Gasteiger partial charge in [0.05, 0.1) is 10.8 Å². The lowest BCUT2D eigenvalue weighted by Crippen LogP contribution is -2.47. The molecule has 30 heavy (non-hydrogen) atoms. The Balaban J connectivity index is 1.56. The average molecular weight is 437 g/mol. The number of hydrogen-bond acceptors (Lipinski definition) is 5. The highest BCUT2D eigenvalue weighted by Crippen LogP contribution is 2.26. The van der Waals surface area contributed by atoms with E-state index in [2.05, 4.69) is 10.2 Å². The van der Waals surface area contributed by atoms with Crippen molar-refractivity contribution < 1.29 is 18.0 Å². The highest BCUT2D eigenvalue weighted by molar-refractivity contribution is 7.89.